The van der Waals surface area contributed by atoms with Crippen LogP contribution in [0.5, 0.6) is 0 Å². The Morgan fingerprint density at radius 3 is 2.94 bits per heavy atom. The Morgan fingerprint density at radius 2 is 2.28 bits per heavy atom. The van der Waals surface area contributed by atoms with Gasteiger partial charge in [-0.3, -0.25) is 4.79 Å². The van der Waals surface area contributed by atoms with E-state index in [1.54, 1.807) is 0 Å². The van der Waals surface area contributed by atoms with Crippen LogP contribution in [0.2, 0.25) is 0 Å². The molecule has 2 rings (SSSR count). The van der Waals surface area contributed by atoms with Gasteiger partial charge in [-0.25, -0.2) is 4.39 Å². The topological polar surface area (TPSA) is 62.5 Å². The number of rotatable bonds is 4. The van der Waals surface area contributed by atoms with Crippen molar-refractivity contribution in [1.29, 1.82) is 0 Å². The predicted octanol–water partition coefficient (Wildman–Crippen LogP) is 2.07. The number of nitrogens with one attached hydrogen (secondary N) is 1. The molecule has 0 fully saturated rings. The molecule has 96 valence electrons. The second kappa shape index (κ2) is 5.18. The molecule has 2 aromatic rings. The van der Waals surface area contributed by atoms with Gasteiger partial charge in [0.15, 0.2) is 5.76 Å². The lowest BCUT2D eigenvalue weighted by Gasteiger charge is -2.12. The summed E-state index contributed by atoms with van der Waals surface area (Å²) in [5, 5.41) is 12.2. The largest absolute Gasteiger partial charge is 0.451 e. The molecule has 5 heteroatoms. The number of hydrogen-bond donors (Lipinski definition) is 2. The third-order valence-corrected chi connectivity index (χ3v) is 2.75. The van der Waals surface area contributed by atoms with Gasteiger partial charge in [0.2, 0.25) is 0 Å². The lowest BCUT2D eigenvalue weighted by molar-refractivity contribution is 0.0889. The van der Waals surface area contributed by atoms with E-state index in [0.29, 0.717) is 17.4 Å². The number of fused-ring (bicyclic) bond motifs is 1. The Bertz CT molecular complexity index is 560. The predicted molar refractivity (Wildman–Crippen MR) is 64.8 cm³/mol. The number of furan rings is 1. The van der Waals surface area contributed by atoms with Crippen molar-refractivity contribution in [3.63, 3.8) is 0 Å². The third-order valence-electron chi connectivity index (χ3n) is 2.75. The molecule has 0 spiro atoms. The van der Waals surface area contributed by atoms with E-state index >= 15 is 0 Å². The van der Waals surface area contributed by atoms with Crippen LogP contribution in [0.3, 0.4) is 0 Å². The quantitative estimate of drug-likeness (QED) is 0.874. The minimum absolute atomic E-state index is 0.113. The van der Waals surface area contributed by atoms with Gasteiger partial charge in [0.25, 0.3) is 5.91 Å². The van der Waals surface area contributed by atoms with Gasteiger partial charge in [-0.1, -0.05) is 6.92 Å². The van der Waals surface area contributed by atoms with Gasteiger partial charge in [0, 0.05) is 5.39 Å². The van der Waals surface area contributed by atoms with Crippen molar-refractivity contribution >= 4 is 16.9 Å². The fraction of sp³-hybridized carbons (Fsp3) is 0.308. The molecule has 0 aliphatic rings. The third kappa shape index (κ3) is 2.51. The van der Waals surface area contributed by atoms with E-state index in [1.807, 2.05) is 6.92 Å². The average molecular weight is 251 g/mol. The Morgan fingerprint density at radius 1 is 1.50 bits per heavy atom. The van der Waals surface area contributed by atoms with Crippen molar-refractivity contribution in [2.75, 3.05) is 6.61 Å². The molecule has 4 nitrogen and oxygen atoms in total. The van der Waals surface area contributed by atoms with E-state index < -0.39 is 5.91 Å². The van der Waals surface area contributed by atoms with Crippen LogP contribution in [0, 0.1) is 5.82 Å². The van der Waals surface area contributed by atoms with Gasteiger partial charge >= 0.3 is 0 Å². The highest BCUT2D eigenvalue weighted by atomic mass is 19.1. The number of halogens is 1. The maximum Gasteiger partial charge on any atom is 0.287 e. The molecule has 0 saturated heterocycles. The van der Waals surface area contributed by atoms with E-state index in [1.165, 1.54) is 24.3 Å². The summed E-state index contributed by atoms with van der Waals surface area (Å²) in [6, 6.07) is 5.24. The minimum Gasteiger partial charge on any atom is -0.451 e. The minimum atomic E-state index is -0.410. The molecule has 1 heterocycles. The molecule has 2 N–H and O–H groups in total. The summed E-state index contributed by atoms with van der Waals surface area (Å²) in [7, 11) is 0. The number of carbonyl (C=O) groups excluding carboxylic acids is 1. The Labute approximate surface area is 103 Å². The summed E-state index contributed by atoms with van der Waals surface area (Å²) in [4.78, 5) is 11.8. The Balaban J connectivity index is 2.23. The van der Waals surface area contributed by atoms with Gasteiger partial charge in [-0.2, -0.15) is 0 Å². The van der Waals surface area contributed by atoms with Crippen molar-refractivity contribution in [3.05, 3.63) is 35.8 Å². The Hall–Kier alpha value is -1.88. The normalized spacial score (nSPS) is 12.6. The molecule has 0 radical (unpaired) electrons. The fourth-order valence-electron chi connectivity index (χ4n) is 1.66. The summed E-state index contributed by atoms with van der Waals surface area (Å²) < 4.78 is 18.3. The zero-order valence-corrected chi connectivity index (χ0v) is 9.94. The van der Waals surface area contributed by atoms with Crippen LogP contribution in [0.15, 0.2) is 28.7 Å². The maximum absolute atomic E-state index is 13.0. The fourth-order valence-corrected chi connectivity index (χ4v) is 1.66. The van der Waals surface area contributed by atoms with E-state index in [4.69, 9.17) is 9.52 Å². The number of benzene rings is 1. The molecule has 0 aliphatic carbocycles. The summed E-state index contributed by atoms with van der Waals surface area (Å²) in [6.07, 6.45) is 0.622. The lowest BCUT2D eigenvalue weighted by atomic mass is 10.2. The Kier molecular flexibility index (Phi) is 3.62. The van der Waals surface area contributed by atoms with Crippen molar-refractivity contribution in [2.45, 2.75) is 19.4 Å². The zero-order valence-electron chi connectivity index (χ0n) is 9.94. The summed E-state index contributed by atoms with van der Waals surface area (Å²) in [5.74, 6) is -0.674. The van der Waals surface area contributed by atoms with Crippen LogP contribution in [-0.4, -0.2) is 23.7 Å². The first-order chi connectivity index (χ1) is 8.63. The lowest BCUT2D eigenvalue weighted by Crippen LogP contribution is -2.36. The smallest absolute Gasteiger partial charge is 0.287 e. The van der Waals surface area contributed by atoms with Crippen LogP contribution < -0.4 is 5.32 Å². The average Bonchev–Trinajstić information content (AvgIpc) is 2.78. The van der Waals surface area contributed by atoms with Crippen LogP contribution in [0.1, 0.15) is 23.9 Å². The molecule has 1 amide bonds. The van der Waals surface area contributed by atoms with Gasteiger partial charge < -0.3 is 14.8 Å². The van der Waals surface area contributed by atoms with Crippen LogP contribution in [0.4, 0.5) is 4.39 Å². The number of hydrogen-bond acceptors (Lipinski definition) is 3. The van der Waals surface area contributed by atoms with Crippen molar-refractivity contribution in [3.8, 4) is 0 Å². The summed E-state index contributed by atoms with van der Waals surface area (Å²) >= 11 is 0. The van der Waals surface area contributed by atoms with Gasteiger partial charge in [-0.15, -0.1) is 0 Å². The maximum atomic E-state index is 13.0. The standard InChI is InChI=1S/C13H14FNO3/c1-2-10(7-16)15-13(17)12-6-8-5-9(14)3-4-11(8)18-12/h3-6,10,16H,2,7H2,1H3,(H,15,17). The molecule has 0 aliphatic heterocycles. The molecule has 1 atom stereocenters. The number of aliphatic hydroxyl groups is 1. The first kappa shape index (κ1) is 12.6. The molecule has 1 unspecified atom stereocenters. The van der Waals surface area contributed by atoms with Crippen molar-refractivity contribution in [2.24, 2.45) is 0 Å². The summed E-state index contributed by atoms with van der Waals surface area (Å²) in [5.41, 5.74) is 0.457. The molecular formula is C13H14FNO3. The van der Waals surface area contributed by atoms with E-state index in [-0.39, 0.29) is 24.2 Å². The number of carbonyl (C=O) groups is 1. The monoisotopic (exact) mass is 251 g/mol. The van der Waals surface area contributed by atoms with Crippen molar-refractivity contribution < 1.29 is 18.7 Å². The molecule has 0 bridgehead atoms. The second-order valence-corrected chi connectivity index (χ2v) is 4.05. The van der Waals surface area contributed by atoms with E-state index in [0.717, 1.165) is 0 Å². The van der Waals surface area contributed by atoms with Crippen molar-refractivity contribution in [1.82, 2.24) is 5.32 Å². The van der Waals surface area contributed by atoms with Crippen LogP contribution >= 0.6 is 0 Å². The van der Waals surface area contributed by atoms with E-state index in [9.17, 15) is 9.18 Å². The zero-order chi connectivity index (χ0) is 13.1. The summed E-state index contributed by atoms with van der Waals surface area (Å²) in [6.45, 7) is 1.73. The highest BCUT2D eigenvalue weighted by Crippen LogP contribution is 2.20. The number of aliphatic hydroxyl groups excluding tert-OH is 1. The molecule has 18 heavy (non-hydrogen) atoms. The van der Waals surface area contributed by atoms with E-state index in [2.05, 4.69) is 5.32 Å². The molecule has 1 aromatic carbocycles. The van der Waals surface area contributed by atoms with Crippen LogP contribution in [0.25, 0.3) is 11.0 Å². The molecule has 1 aromatic heterocycles. The highest BCUT2D eigenvalue weighted by molar-refractivity contribution is 5.96. The first-order valence-corrected chi connectivity index (χ1v) is 5.75. The van der Waals surface area contributed by atoms with Gasteiger partial charge in [0.05, 0.1) is 12.6 Å². The van der Waals surface area contributed by atoms with Gasteiger partial charge in [0.1, 0.15) is 11.4 Å². The highest BCUT2D eigenvalue weighted by Gasteiger charge is 2.15. The number of amides is 1. The molecular weight excluding hydrogens is 237 g/mol. The second-order valence-electron chi connectivity index (χ2n) is 4.05. The van der Waals surface area contributed by atoms with Crippen LogP contribution in [-0.2, 0) is 0 Å². The SMILES string of the molecule is CCC(CO)NC(=O)c1cc2cc(F)ccc2o1. The molecule has 0 saturated carbocycles. The first-order valence-electron chi connectivity index (χ1n) is 5.75. The van der Waals surface area contributed by atoms with Gasteiger partial charge in [-0.05, 0) is 30.7 Å².